The number of hydrogen-bond acceptors (Lipinski definition) is 2. The molecular weight excluding hydrogens is 416 g/mol. The highest BCUT2D eigenvalue weighted by molar-refractivity contribution is 5.85. The van der Waals surface area contributed by atoms with Crippen LogP contribution in [0.25, 0.3) is 0 Å². The predicted molar refractivity (Wildman–Crippen MR) is 161 cm³/mol. The van der Waals surface area contributed by atoms with Crippen molar-refractivity contribution in [3.63, 3.8) is 0 Å². The zero-order valence-corrected chi connectivity index (χ0v) is 26.1. The van der Waals surface area contributed by atoms with Crippen molar-refractivity contribution < 1.29 is 9.59 Å². The fraction of sp³-hybridized carbons (Fsp3) is 0.938. The number of carbonyl (C=O) groups excluding carboxylic acids is 2. The van der Waals surface area contributed by atoms with Crippen LogP contribution in [-0.4, -0.2) is 11.6 Å². The molecule has 0 aromatic heterocycles. The molecule has 0 spiro atoms. The molecule has 0 aromatic carbocycles. The first-order valence-corrected chi connectivity index (χ1v) is 12.7. The Labute approximate surface area is 219 Å². The van der Waals surface area contributed by atoms with Gasteiger partial charge in [0.25, 0.3) is 0 Å². The van der Waals surface area contributed by atoms with Crippen molar-refractivity contribution in [3.8, 4) is 0 Å². The molecule has 0 heterocycles. The SMILES string of the molecule is C.C.CC(=O)C(C)C.CC(C)C(=O)C(C)(C)C.CC(C)C(C)(C)C.CC(C)C(C)(C)C(C)(C)C. The molecule has 0 rings (SSSR count). The number of Topliss-reactive ketones (excluding diaryl/α,β-unsaturated/α-hetero) is 2. The Morgan fingerprint density at radius 1 is 0.529 bits per heavy atom. The standard InChI is InChI=1S/C10H22.C8H16O.C7H16.C5H10O.2CH4/c1-8(2)10(6,7)9(3,4)5;1-6(2)7(9)8(3,4)5;1-6(2)7(3,4)5;1-4(2)5(3)6;;/h8H,1-7H3;6H,1-5H3;6H,1-5H3;4H,1-3H3;2*1H4. The van der Waals surface area contributed by atoms with E-state index in [0.717, 1.165) is 11.8 Å². The molecular formula is C32H72O2. The molecule has 2 nitrogen and oxygen atoms in total. The molecule has 0 aliphatic rings. The summed E-state index contributed by atoms with van der Waals surface area (Å²) in [5.41, 5.74) is 1.20. The van der Waals surface area contributed by atoms with E-state index in [2.05, 4.69) is 83.1 Å². The van der Waals surface area contributed by atoms with Crippen molar-refractivity contribution in [3.05, 3.63) is 0 Å². The van der Waals surface area contributed by atoms with E-state index >= 15 is 0 Å². The quantitative estimate of drug-likeness (QED) is 0.395. The summed E-state index contributed by atoms with van der Waals surface area (Å²) in [6.07, 6.45) is 0. The largest absolute Gasteiger partial charge is 0.300 e. The van der Waals surface area contributed by atoms with E-state index in [-0.39, 0.29) is 37.9 Å². The maximum absolute atomic E-state index is 11.2. The third-order valence-corrected chi connectivity index (χ3v) is 7.19. The molecule has 0 bridgehead atoms. The molecule has 212 valence electrons. The van der Waals surface area contributed by atoms with Gasteiger partial charge in [-0.25, -0.2) is 0 Å². The molecule has 0 aromatic rings. The molecule has 0 saturated heterocycles. The van der Waals surface area contributed by atoms with Crippen LogP contribution in [0.1, 0.15) is 153 Å². The van der Waals surface area contributed by atoms with E-state index in [0.29, 0.717) is 22.0 Å². The van der Waals surface area contributed by atoms with Gasteiger partial charge >= 0.3 is 0 Å². The Kier molecular flexibility index (Phi) is 25.5. The Hall–Kier alpha value is -0.660. The normalized spacial score (nSPS) is 11.8. The zero-order valence-electron chi connectivity index (χ0n) is 26.1. The average molecular weight is 489 g/mol. The van der Waals surface area contributed by atoms with Gasteiger partial charge in [0.05, 0.1) is 0 Å². The van der Waals surface area contributed by atoms with E-state index < -0.39 is 0 Å². The minimum absolute atomic E-state index is 0. The minimum Gasteiger partial charge on any atom is -0.300 e. The van der Waals surface area contributed by atoms with Crippen LogP contribution in [0.15, 0.2) is 0 Å². The summed E-state index contributed by atoms with van der Waals surface area (Å²) in [7, 11) is 0. The van der Waals surface area contributed by atoms with Gasteiger partial charge < -0.3 is 0 Å². The van der Waals surface area contributed by atoms with Crippen molar-refractivity contribution in [2.45, 2.75) is 153 Å². The Morgan fingerprint density at radius 3 is 0.765 bits per heavy atom. The van der Waals surface area contributed by atoms with Crippen LogP contribution in [0.3, 0.4) is 0 Å². The van der Waals surface area contributed by atoms with Crippen LogP contribution >= 0.6 is 0 Å². The van der Waals surface area contributed by atoms with Crippen LogP contribution in [0, 0.1) is 45.3 Å². The molecule has 34 heavy (non-hydrogen) atoms. The molecule has 0 aliphatic carbocycles. The zero-order chi connectivity index (χ0) is 27.5. The highest BCUT2D eigenvalue weighted by Gasteiger charge is 2.35. The molecule has 0 saturated carbocycles. The maximum atomic E-state index is 11.2. The molecule has 0 radical (unpaired) electrons. The fourth-order valence-corrected chi connectivity index (χ4v) is 1.73. The molecule has 0 aliphatic heterocycles. The number of carbonyl (C=O) groups is 2. The topological polar surface area (TPSA) is 34.1 Å². The average Bonchev–Trinajstić information content (AvgIpc) is 2.52. The van der Waals surface area contributed by atoms with Crippen LogP contribution in [0.4, 0.5) is 0 Å². The summed E-state index contributed by atoms with van der Waals surface area (Å²) in [6.45, 7) is 42.6. The van der Waals surface area contributed by atoms with E-state index in [9.17, 15) is 9.59 Å². The van der Waals surface area contributed by atoms with Gasteiger partial charge in [0, 0.05) is 17.3 Å². The van der Waals surface area contributed by atoms with Crippen molar-refractivity contribution in [2.24, 2.45) is 45.3 Å². The van der Waals surface area contributed by atoms with E-state index in [1.807, 2.05) is 48.5 Å². The summed E-state index contributed by atoms with van der Waals surface area (Å²) in [6, 6.07) is 0. The van der Waals surface area contributed by atoms with Gasteiger partial charge in [-0.05, 0) is 35.0 Å². The van der Waals surface area contributed by atoms with Gasteiger partial charge in [-0.15, -0.1) is 0 Å². The second-order valence-electron chi connectivity index (χ2n) is 14.2. The number of hydrogen-bond donors (Lipinski definition) is 0. The highest BCUT2D eigenvalue weighted by atomic mass is 16.1. The van der Waals surface area contributed by atoms with E-state index in [4.69, 9.17) is 0 Å². The van der Waals surface area contributed by atoms with Gasteiger partial charge in [0.2, 0.25) is 0 Å². The third kappa shape index (κ3) is 24.5. The molecule has 0 atom stereocenters. The summed E-state index contributed by atoms with van der Waals surface area (Å²) in [5.74, 6) is 2.53. The van der Waals surface area contributed by atoms with Gasteiger partial charge in [-0.1, -0.05) is 146 Å². The van der Waals surface area contributed by atoms with Gasteiger partial charge in [0.15, 0.2) is 0 Å². The Balaban J connectivity index is -0.0000000767. The molecule has 0 unspecified atom stereocenters. The maximum Gasteiger partial charge on any atom is 0.140 e. The smallest absolute Gasteiger partial charge is 0.140 e. The summed E-state index contributed by atoms with van der Waals surface area (Å²) >= 11 is 0. The molecule has 0 fully saturated rings. The summed E-state index contributed by atoms with van der Waals surface area (Å²) in [5, 5.41) is 0. The molecule has 2 heteroatoms. The number of ketones is 2. The van der Waals surface area contributed by atoms with Gasteiger partial charge in [-0.3, -0.25) is 9.59 Å². The Bertz CT molecular complexity index is 499. The first-order chi connectivity index (χ1) is 13.6. The first kappa shape index (κ1) is 46.6. The van der Waals surface area contributed by atoms with Crippen molar-refractivity contribution in [2.75, 3.05) is 0 Å². The predicted octanol–water partition coefficient (Wildman–Crippen LogP) is 11.2. The van der Waals surface area contributed by atoms with Gasteiger partial charge in [-0.2, -0.15) is 0 Å². The lowest BCUT2D eigenvalue weighted by atomic mass is 9.63. The van der Waals surface area contributed by atoms with Crippen molar-refractivity contribution >= 4 is 11.6 Å². The lowest BCUT2D eigenvalue weighted by Crippen LogP contribution is -2.34. The highest BCUT2D eigenvalue weighted by Crippen LogP contribution is 2.43. The number of rotatable bonds is 3. The second kappa shape index (κ2) is 18.6. The monoisotopic (exact) mass is 489 g/mol. The van der Waals surface area contributed by atoms with Crippen LogP contribution in [0.2, 0.25) is 0 Å². The van der Waals surface area contributed by atoms with Gasteiger partial charge in [0.1, 0.15) is 11.6 Å². The van der Waals surface area contributed by atoms with Crippen LogP contribution in [0.5, 0.6) is 0 Å². The second-order valence-corrected chi connectivity index (χ2v) is 14.2. The minimum atomic E-state index is -0.159. The van der Waals surface area contributed by atoms with Crippen molar-refractivity contribution in [1.82, 2.24) is 0 Å². The third-order valence-electron chi connectivity index (χ3n) is 7.19. The van der Waals surface area contributed by atoms with E-state index in [1.165, 1.54) is 0 Å². The van der Waals surface area contributed by atoms with Crippen molar-refractivity contribution in [1.29, 1.82) is 0 Å². The summed E-state index contributed by atoms with van der Waals surface area (Å²) < 4.78 is 0. The first-order valence-electron chi connectivity index (χ1n) is 12.7. The summed E-state index contributed by atoms with van der Waals surface area (Å²) in [4.78, 5) is 21.3. The Morgan fingerprint density at radius 2 is 0.765 bits per heavy atom. The molecule has 0 N–H and O–H groups in total. The van der Waals surface area contributed by atoms with Crippen LogP contribution in [-0.2, 0) is 9.59 Å². The van der Waals surface area contributed by atoms with E-state index in [1.54, 1.807) is 6.92 Å². The molecule has 0 amide bonds. The fourth-order valence-electron chi connectivity index (χ4n) is 1.73. The lowest BCUT2D eigenvalue weighted by Gasteiger charge is -2.42. The van der Waals surface area contributed by atoms with Crippen LogP contribution < -0.4 is 0 Å². The lowest BCUT2D eigenvalue weighted by molar-refractivity contribution is -0.129.